The smallest absolute Gasteiger partial charge is 0.457 e. The molecule has 0 aliphatic heterocycles. The standard InChI is InChI=1S/C42H73O9P/c1-3-5-7-9-11-13-15-17-19-21-23-25-27-29-31-33-35-48-38-41(39-50-52(46,47)49-37-40(44)36-43)51-42(45)34-32-30-28-26-24-22-20-18-16-14-12-10-8-6-4-2/h6,8,11-14,17-20,24,26,40-41,43-44H,3-5,7,9-10,15-16,21-23,25,27-39H2,1-2H3,(H,46,47)/b8-6-,13-11-,14-12-,19-17-,20-18-,26-24-. The van der Waals surface area contributed by atoms with Crippen molar-refractivity contribution in [2.45, 2.75) is 154 Å². The summed E-state index contributed by atoms with van der Waals surface area (Å²) in [7, 11) is -4.53. The van der Waals surface area contributed by atoms with Crippen LogP contribution in [0.5, 0.6) is 0 Å². The van der Waals surface area contributed by atoms with E-state index in [2.05, 4.69) is 86.8 Å². The minimum atomic E-state index is -4.53. The molecule has 0 fully saturated rings. The van der Waals surface area contributed by atoms with Crippen LogP contribution in [0, 0.1) is 0 Å². The average Bonchev–Trinajstić information content (AvgIpc) is 3.13. The number of hydrogen-bond donors (Lipinski definition) is 3. The summed E-state index contributed by atoms with van der Waals surface area (Å²) in [6.07, 6.45) is 44.3. The molecule has 0 radical (unpaired) electrons. The molecule has 0 aromatic heterocycles. The largest absolute Gasteiger partial charge is 0.472 e. The molecular formula is C42H73O9P. The molecule has 0 aromatic rings. The van der Waals surface area contributed by atoms with Crippen LogP contribution in [0.25, 0.3) is 0 Å². The lowest BCUT2D eigenvalue weighted by Crippen LogP contribution is -2.29. The highest BCUT2D eigenvalue weighted by molar-refractivity contribution is 7.47. The number of unbranched alkanes of at least 4 members (excludes halogenated alkanes) is 11. The van der Waals surface area contributed by atoms with Crippen molar-refractivity contribution in [1.29, 1.82) is 0 Å². The molecule has 0 saturated heterocycles. The molecule has 0 aliphatic carbocycles. The predicted octanol–water partition coefficient (Wildman–Crippen LogP) is 10.6. The van der Waals surface area contributed by atoms with Gasteiger partial charge in [0.05, 0.1) is 26.4 Å². The second-order valence-corrected chi connectivity index (χ2v) is 14.4. The van der Waals surface area contributed by atoms with E-state index in [0.29, 0.717) is 13.0 Å². The van der Waals surface area contributed by atoms with E-state index in [9.17, 15) is 19.4 Å². The van der Waals surface area contributed by atoms with Gasteiger partial charge in [0, 0.05) is 13.0 Å². The van der Waals surface area contributed by atoms with E-state index in [0.717, 1.165) is 70.6 Å². The number of allylic oxidation sites excluding steroid dienone is 12. The van der Waals surface area contributed by atoms with Gasteiger partial charge < -0.3 is 24.6 Å². The summed E-state index contributed by atoms with van der Waals surface area (Å²) < 4.78 is 33.2. The molecule has 0 saturated carbocycles. The molecule has 3 unspecified atom stereocenters. The number of phosphoric acid groups is 1. The summed E-state index contributed by atoms with van der Waals surface area (Å²) in [5.74, 6) is -0.430. The zero-order valence-electron chi connectivity index (χ0n) is 32.5. The molecule has 0 bridgehead atoms. The van der Waals surface area contributed by atoms with Crippen molar-refractivity contribution in [3.63, 3.8) is 0 Å². The van der Waals surface area contributed by atoms with Gasteiger partial charge in [0.1, 0.15) is 12.2 Å². The van der Waals surface area contributed by atoms with Crippen LogP contribution in [-0.2, 0) is 27.9 Å². The summed E-state index contributed by atoms with van der Waals surface area (Å²) >= 11 is 0. The van der Waals surface area contributed by atoms with Crippen molar-refractivity contribution < 1.29 is 43.0 Å². The Morgan fingerprint density at radius 3 is 1.65 bits per heavy atom. The molecule has 0 spiro atoms. The van der Waals surface area contributed by atoms with E-state index in [-0.39, 0.29) is 13.0 Å². The van der Waals surface area contributed by atoms with Crippen molar-refractivity contribution in [2.24, 2.45) is 0 Å². The van der Waals surface area contributed by atoms with Crippen LogP contribution < -0.4 is 0 Å². The molecule has 0 heterocycles. The zero-order chi connectivity index (χ0) is 38.2. The summed E-state index contributed by atoms with van der Waals surface area (Å²) in [5.41, 5.74) is 0. The molecule has 300 valence electrons. The highest BCUT2D eigenvalue weighted by Gasteiger charge is 2.26. The number of ether oxygens (including phenoxy) is 2. The number of esters is 1. The molecule has 3 atom stereocenters. The van der Waals surface area contributed by atoms with Crippen molar-refractivity contribution >= 4 is 13.8 Å². The van der Waals surface area contributed by atoms with Gasteiger partial charge in [-0.15, -0.1) is 0 Å². The Balaban J connectivity index is 4.33. The molecule has 3 N–H and O–H groups in total. The highest BCUT2D eigenvalue weighted by Crippen LogP contribution is 2.43. The minimum Gasteiger partial charge on any atom is -0.457 e. The molecule has 0 rings (SSSR count). The van der Waals surface area contributed by atoms with Gasteiger partial charge in [-0.05, 0) is 83.5 Å². The maximum absolute atomic E-state index is 12.6. The highest BCUT2D eigenvalue weighted by atomic mass is 31.2. The fraction of sp³-hybridized carbons (Fsp3) is 0.690. The summed E-state index contributed by atoms with van der Waals surface area (Å²) in [5, 5.41) is 18.3. The summed E-state index contributed by atoms with van der Waals surface area (Å²) in [6.45, 7) is 3.27. The zero-order valence-corrected chi connectivity index (χ0v) is 33.4. The SMILES string of the molecule is CC/C=C\C/C=C\C/C=C\C/C=C\CCCCC(=O)OC(COCCCCCCCC/C=C\C/C=C\CCCCC)COP(=O)(O)OCC(O)CO. The van der Waals surface area contributed by atoms with Crippen molar-refractivity contribution in [3.8, 4) is 0 Å². The number of carbonyl (C=O) groups is 1. The van der Waals surface area contributed by atoms with Gasteiger partial charge >= 0.3 is 13.8 Å². The molecule has 0 aromatic carbocycles. The first-order valence-corrected chi connectivity index (χ1v) is 21.4. The first kappa shape index (κ1) is 49.9. The van der Waals surface area contributed by atoms with Crippen LogP contribution in [-0.4, -0.2) is 66.3 Å². The van der Waals surface area contributed by atoms with Crippen LogP contribution in [0.1, 0.15) is 142 Å². The third-order valence-electron chi connectivity index (χ3n) is 7.88. The van der Waals surface area contributed by atoms with Gasteiger partial charge in [0.25, 0.3) is 0 Å². The van der Waals surface area contributed by atoms with Crippen molar-refractivity contribution in [2.75, 3.05) is 33.0 Å². The lowest BCUT2D eigenvalue weighted by atomic mass is 10.1. The van der Waals surface area contributed by atoms with Crippen LogP contribution >= 0.6 is 7.82 Å². The van der Waals surface area contributed by atoms with E-state index in [1.54, 1.807) is 0 Å². The molecule has 9 nitrogen and oxygen atoms in total. The monoisotopic (exact) mass is 752 g/mol. The summed E-state index contributed by atoms with van der Waals surface area (Å²) in [4.78, 5) is 22.5. The number of phosphoric ester groups is 1. The normalized spacial score (nSPS) is 14.9. The molecule has 0 aliphatic rings. The van der Waals surface area contributed by atoms with Crippen molar-refractivity contribution in [3.05, 3.63) is 72.9 Å². The fourth-order valence-electron chi connectivity index (χ4n) is 4.84. The van der Waals surface area contributed by atoms with Crippen LogP contribution in [0.4, 0.5) is 0 Å². The number of aliphatic hydroxyl groups excluding tert-OH is 2. The van der Waals surface area contributed by atoms with Crippen LogP contribution in [0.15, 0.2) is 72.9 Å². The second-order valence-electron chi connectivity index (χ2n) is 12.9. The van der Waals surface area contributed by atoms with Gasteiger partial charge in [0.2, 0.25) is 0 Å². The number of carbonyl (C=O) groups excluding carboxylic acids is 1. The fourth-order valence-corrected chi connectivity index (χ4v) is 5.63. The lowest BCUT2D eigenvalue weighted by molar-refractivity contribution is -0.154. The van der Waals surface area contributed by atoms with Gasteiger partial charge in [-0.2, -0.15) is 0 Å². The number of aliphatic hydroxyl groups is 2. The predicted molar refractivity (Wildman–Crippen MR) is 214 cm³/mol. The van der Waals surface area contributed by atoms with E-state index < -0.39 is 45.8 Å². The maximum atomic E-state index is 12.6. The third-order valence-corrected chi connectivity index (χ3v) is 8.83. The van der Waals surface area contributed by atoms with E-state index in [1.165, 1.54) is 44.9 Å². The molecule has 52 heavy (non-hydrogen) atoms. The molecular weight excluding hydrogens is 679 g/mol. The number of rotatable bonds is 37. The summed E-state index contributed by atoms with van der Waals surface area (Å²) in [6, 6.07) is 0. The maximum Gasteiger partial charge on any atom is 0.472 e. The van der Waals surface area contributed by atoms with E-state index >= 15 is 0 Å². The number of hydrogen-bond acceptors (Lipinski definition) is 8. The Morgan fingerprint density at radius 2 is 1.10 bits per heavy atom. The third kappa shape index (κ3) is 37.7. The Kier molecular flexibility index (Phi) is 37.1. The quantitative estimate of drug-likeness (QED) is 0.0245. The second kappa shape index (κ2) is 38.6. The van der Waals surface area contributed by atoms with E-state index in [1.807, 2.05) is 0 Å². The Bertz CT molecular complexity index is 1030. The Morgan fingerprint density at radius 1 is 0.615 bits per heavy atom. The molecule has 10 heteroatoms. The van der Waals surface area contributed by atoms with Crippen molar-refractivity contribution in [1.82, 2.24) is 0 Å². The van der Waals surface area contributed by atoms with Gasteiger partial charge in [-0.25, -0.2) is 4.57 Å². The molecule has 0 amide bonds. The first-order valence-electron chi connectivity index (χ1n) is 19.9. The van der Waals surface area contributed by atoms with Gasteiger partial charge in [-0.3, -0.25) is 13.8 Å². The average molecular weight is 753 g/mol. The van der Waals surface area contributed by atoms with E-state index in [4.69, 9.17) is 23.6 Å². The Hall–Kier alpha value is -2.10. The van der Waals surface area contributed by atoms with Gasteiger partial charge in [-0.1, -0.05) is 125 Å². The first-order chi connectivity index (χ1) is 25.3. The Labute approximate surface area is 316 Å². The lowest BCUT2D eigenvalue weighted by Gasteiger charge is -2.20. The van der Waals surface area contributed by atoms with Crippen LogP contribution in [0.2, 0.25) is 0 Å². The topological polar surface area (TPSA) is 132 Å². The minimum absolute atomic E-state index is 0.0211. The van der Waals surface area contributed by atoms with Crippen LogP contribution in [0.3, 0.4) is 0 Å². The van der Waals surface area contributed by atoms with Gasteiger partial charge in [0.15, 0.2) is 0 Å².